The number of hydroxylamine groups is 1. The van der Waals surface area contributed by atoms with Gasteiger partial charge in [0.2, 0.25) is 5.91 Å². The van der Waals surface area contributed by atoms with Gasteiger partial charge in [-0.3, -0.25) is 14.8 Å². The van der Waals surface area contributed by atoms with Crippen molar-refractivity contribution < 1.29 is 24.3 Å². The van der Waals surface area contributed by atoms with E-state index in [1.807, 2.05) is 24.3 Å². The Hall–Kier alpha value is -2.97. The molecule has 0 atom stereocenters. The van der Waals surface area contributed by atoms with Gasteiger partial charge in [0.25, 0.3) is 0 Å². The van der Waals surface area contributed by atoms with Gasteiger partial charge < -0.3 is 14.8 Å². The first-order valence-corrected chi connectivity index (χ1v) is 8.87. The van der Waals surface area contributed by atoms with E-state index in [1.54, 1.807) is 42.9 Å². The molecule has 0 saturated carbocycles. The van der Waals surface area contributed by atoms with Gasteiger partial charge in [-0.05, 0) is 59.8 Å². The van der Waals surface area contributed by atoms with E-state index in [-0.39, 0.29) is 5.91 Å². The quantitative estimate of drug-likeness (QED) is 0.211. The molecule has 3 N–H and O–H groups in total. The zero-order chi connectivity index (χ0) is 19.5. The van der Waals surface area contributed by atoms with Gasteiger partial charge in [0, 0.05) is 11.0 Å². The first kappa shape index (κ1) is 20.3. The Morgan fingerprint density at radius 2 is 1.93 bits per heavy atom. The van der Waals surface area contributed by atoms with Crippen molar-refractivity contribution in [1.82, 2.24) is 10.8 Å². The lowest BCUT2D eigenvalue weighted by atomic mass is 10.2. The lowest BCUT2D eigenvalue weighted by Crippen LogP contribution is -2.26. The van der Waals surface area contributed by atoms with E-state index in [2.05, 4.69) is 5.32 Å². The largest absolute Gasteiger partial charge is 0.497 e. The van der Waals surface area contributed by atoms with Crippen LogP contribution in [0.2, 0.25) is 0 Å². The van der Waals surface area contributed by atoms with Gasteiger partial charge in [0.1, 0.15) is 18.1 Å². The van der Waals surface area contributed by atoms with E-state index in [4.69, 9.17) is 14.7 Å². The minimum Gasteiger partial charge on any atom is -0.497 e. The minimum absolute atomic E-state index is 0.219. The third-order valence-electron chi connectivity index (χ3n) is 3.32. The Kier molecular flexibility index (Phi) is 8.21. The number of rotatable bonds is 8. The summed E-state index contributed by atoms with van der Waals surface area (Å²) in [5.74, 6) is 1.13. The van der Waals surface area contributed by atoms with Gasteiger partial charge in [0.05, 0.1) is 13.7 Å². The Morgan fingerprint density at radius 3 is 2.63 bits per heavy atom. The molecule has 0 fully saturated rings. The van der Waals surface area contributed by atoms with Crippen LogP contribution < -0.4 is 20.3 Å². The van der Waals surface area contributed by atoms with E-state index < -0.39 is 5.24 Å². The molecule has 0 radical (unpaired) electrons. The lowest BCUT2D eigenvalue weighted by molar-refractivity contribution is -0.116. The van der Waals surface area contributed by atoms with Crippen molar-refractivity contribution in [3.8, 4) is 11.5 Å². The summed E-state index contributed by atoms with van der Waals surface area (Å²) < 4.78 is 10.7. The van der Waals surface area contributed by atoms with E-state index in [0.717, 1.165) is 23.1 Å². The van der Waals surface area contributed by atoms with Crippen LogP contribution in [0, 0.1) is 0 Å². The number of carbonyl (C=O) groups excluding carboxylic acids is 2. The molecule has 0 bridgehead atoms. The number of hydrogen-bond donors (Lipinski definition) is 3. The fraction of sp³-hybridized carbons (Fsp3) is 0.158. The fourth-order valence-electron chi connectivity index (χ4n) is 2.05. The number of ether oxygens (including phenoxy) is 2. The molecule has 2 aromatic rings. The molecule has 7 nitrogen and oxygen atoms in total. The van der Waals surface area contributed by atoms with Crippen molar-refractivity contribution in [2.45, 2.75) is 4.90 Å². The Labute approximate surface area is 161 Å². The van der Waals surface area contributed by atoms with Crippen molar-refractivity contribution in [3.05, 3.63) is 60.2 Å². The minimum atomic E-state index is -0.562. The van der Waals surface area contributed by atoms with Gasteiger partial charge in [0.15, 0.2) is 0 Å². The number of nitrogens with one attached hydrogen (secondary N) is 2. The molecule has 0 unspecified atom stereocenters. The summed E-state index contributed by atoms with van der Waals surface area (Å²) in [6, 6.07) is 14.2. The van der Waals surface area contributed by atoms with Crippen molar-refractivity contribution >= 4 is 29.0 Å². The second kappa shape index (κ2) is 10.9. The molecule has 0 aliphatic carbocycles. The van der Waals surface area contributed by atoms with Crippen molar-refractivity contribution in [2.75, 3.05) is 20.3 Å². The number of hydrogen-bond acceptors (Lipinski definition) is 6. The Bertz CT molecular complexity index is 793. The highest BCUT2D eigenvalue weighted by molar-refractivity contribution is 8.13. The van der Waals surface area contributed by atoms with Crippen LogP contribution >= 0.6 is 11.8 Å². The van der Waals surface area contributed by atoms with E-state index in [0.29, 0.717) is 23.8 Å². The van der Waals surface area contributed by atoms with Gasteiger partial charge >= 0.3 is 5.24 Å². The maximum atomic E-state index is 11.8. The van der Waals surface area contributed by atoms with Crippen LogP contribution in [0.15, 0.2) is 59.5 Å². The predicted octanol–water partition coefficient (Wildman–Crippen LogP) is 3.09. The monoisotopic (exact) mass is 388 g/mol. The zero-order valence-corrected chi connectivity index (χ0v) is 15.5. The molecule has 0 aliphatic rings. The molecule has 0 aromatic heterocycles. The summed E-state index contributed by atoms with van der Waals surface area (Å²) in [6.45, 7) is 0.660. The van der Waals surface area contributed by atoms with Crippen LogP contribution in [0.4, 0.5) is 4.79 Å². The maximum absolute atomic E-state index is 11.8. The first-order valence-electron chi connectivity index (χ1n) is 8.05. The highest BCUT2D eigenvalue weighted by atomic mass is 32.2. The van der Waals surface area contributed by atoms with Crippen molar-refractivity contribution in [2.24, 2.45) is 0 Å². The lowest BCUT2D eigenvalue weighted by Gasteiger charge is -2.07. The Balaban J connectivity index is 1.70. The maximum Gasteiger partial charge on any atom is 0.307 e. The van der Waals surface area contributed by atoms with Crippen LogP contribution in [-0.4, -0.2) is 36.6 Å². The summed E-state index contributed by atoms with van der Waals surface area (Å²) in [4.78, 5) is 23.5. The second-order valence-corrected chi connectivity index (χ2v) is 6.27. The van der Waals surface area contributed by atoms with Gasteiger partial charge in [-0.1, -0.05) is 12.1 Å². The van der Waals surface area contributed by atoms with Crippen LogP contribution in [0.25, 0.3) is 6.08 Å². The van der Waals surface area contributed by atoms with E-state index in [9.17, 15) is 9.59 Å². The molecule has 8 heteroatoms. The zero-order valence-electron chi connectivity index (χ0n) is 14.7. The topological polar surface area (TPSA) is 96.9 Å². The van der Waals surface area contributed by atoms with Crippen LogP contribution in [0.3, 0.4) is 0 Å². The summed E-state index contributed by atoms with van der Waals surface area (Å²) in [5, 5.41) is 10.6. The molecule has 27 heavy (non-hydrogen) atoms. The number of carbonyl (C=O) groups is 2. The van der Waals surface area contributed by atoms with Crippen molar-refractivity contribution in [1.29, 1.82) is 0 Å². The van der Waals surface area contributed by atoms with E-state index in [1.165, 1.54) is 6.08 Å². The smallest absolute Gasteiger partial charge is 0.307 e. The Morgan fingerprint density at radius 1 is 1.15 bits per heavy atom. The SMILES string of the molecule is COc1cccc(/C=C/C(=O)NCCOc2ccc(SC(=O)NO)cc2)c1. The van der Waals surface area contributed by atoms with Crippen LogP contribution in [0.1, 0.15) is 5.56 Å². The molecule has 0 saturated heterocycles. The summed E-state index contributed by atoms with van der Waals surface area (Å²) in [6.07, 6.45) is 3.16. The molecule has 2 rings (SSSR count). The van der Waals surface area contributed by atoms with Crippen LogP contribution in [-0.2, 0) is 4.79 Å². The van der Waals surface area contributed by atoms with E-state index >= 15 is 0 Å². The normalized spacial score (nSPS) is 10.4. The average Bonchev–Trinajstić information content (AvgIpc) is 2.71. The molecule has 0 aliphatic heterocycles. The number of benzene rings is 2. The molecule has 2 aromatic carbocycles. The standard InChI is InChI=1S/C19H20N2O5S/c1-25-16-4-2-3-14(13-16)5-10-18(22)20-11-12-26-15-6-8-17(9-7-15)27-19(23)21-24/h2-10,13,24H,11-12H2,1H3,(H,20,22)(H,21,23)/b10-5+. The van der Waals surface area contributed by atoms with Crippen molar-refractivity contribution in [3.63, 3.8) is 0 Å². The number of amides is 2. The summed E-state index contributed by atoms with van der Waals surface area (Å²) >= 11 is 0.862. The predicted molar refractivity (Wildman–Crippen MR) is 103 cm³/mol. The van der Waals surface area contributed by atoms with Gasteiger partial charge in [-0.2, -0.15) is 0 Å². The fourth-order valence-corrected chi connectivity index (χ4v) is 2.58. The highest BCUT2D eigenvalue weighted by Gasteiger charge is 2.03. The highest BCUT2D eigenvalue weighted by Crippen LogP contribution is 2.21. The first-order chi connectivity index (χ1) is 13.1. The average molecular weight is 388 g/mol. The number of methoxy groups -OCH3 is 1. The molecular formula is C19H20N2O5S. The second-order valence-electron chi connectivity index (χ2n) is 5.22. The number of thioether (sulfide) groups is 1. The summed E-state index contributed by atoms with van der Waals surface area (Å²) in [7, 11) is 1.59. The van der Waals surface area contributed by atoms with Crippen LogP contribution in [0.5, 0.6) is 11.5 Å². The van der Waals surface area contributed by atoms with Gasteiger partial charge in [-0.15, -0.1) is 0 Å². The third-order valence-corrected chi connectivity index (χ3v) is 4.10. The summed E-state index contributed by atoms with van der Waals surface area (Å²) in [5.41, 5.74) is 2.42. The third kappa shape index (κ3) is 7.43. The molecular weight excluding hydrogens is 368 g/mol. The van der Waals surface area contributed by atoms with Gasteiger partial charge in [-0.25, -0.2) is 5.48 Å². The molecule has 142 valence electrons. The molecule has 2 amide bonds. The molecule has 0 spiro atoms. The molecule has 0 heterocycles.